The number of halogens is 1. The van der Waals surface area contributed by atoms with E-state index in [2.05, 4.69) is 16.0 Å². The van der Waals surface area contributed by atoms with E-state index in [0.29, 0.717) is 22.6 Å². The van der Waals surface area contributed by atoms with E-state index >= 15 is 0 Å². The predicted molar refractivity (Wildman–Crippen MR) is 191 cm³/mol. The fraction of sp³-hybridized carbons (Fsp3) is 0.314. The second-order valence-corrected chi connectivity index (χ2v) is 11.5. The number of rotatable bonds is 15. The van der Waals surface area contributed by atoms with Gasteiger partial charge in [-0.05, 0) is 60.4 Å². The molecule has 2 atom stereocenters. The summed E-state index contributed by atoms with van der Waals surface area (Å²) in [6.07, 6.45) is -0.334. The molecule has 51 heavy (non-hydrogen) atoms. The zero-order chi connectivity index (χ0) is 36.0. The molecule has 0 aliphatic carbocycles. The van der Waals surface area contributed by atoms with Gasteiger partial charge in [0.05, 0.1) is 7.11 Å². The number of carbonyl (C=O) groups excluding carboxylic acids is 4. The maximum Gasteiger partial charge on any atom is 0.408 e. The minimum absolute atomic E-state index is 0. The second kappa shape index (κ2) is 19.4. The van der Waals surface area contributed by atoms with Crippen LogP contribution in [0.3, 0.4) is 0 Å². The number of amides is 4. The Hall–Kier alpha value is -5.83. The van der Waals surface area contributed by atoms with E-state index in [1.54, 1.807) is 60.7 Å². The van der Waals surface area contributed by atoms with Crippen LogP contribution in [0.25, 0.3) is 0 Å². The van der Waals surface area contributed by atoms with Crippen LogP contribution < -0.4 is 26.4 Å². The Morgan fingerprint density at radius 1 is 0.980 bits per heavy atom. The number of benzene rings is 3. The molecule has 1 fully saturated rings. The third kappa shape index (κ3) is 11.9. The summed E-state index contributed by atoms with van der Waals surface area (Å²) in [4.78, 5) is 67.5. The molecular weight excluding hydrogens is 682 g/mol. The highest BCUT2D eigenvalue weighted by molar-refractivity contribution is 5.96. The van der Waals surface area contributed by atoms with Gasteiger partial charge in [0.25, 0.3) is 5.91 Å². The molecule has 1 aliphatic rings. The van der Waals surface area contributed by atoms with Gasteiger partial charge in [-0.3, -0.25) is 24.6 Å². The third-order valence-corrected chi connectivity index (χ3v) is 7.96. The lowest BCUT2D eigenvalue weighted by molar-refractivity contribution is -0.156. The van der Waals surface area contributed by atoms with E-state index in [-0.39, 0.29) is 69.8 Å². The number of anilines is 1. The quantitative estimate of drug-likeness (QED) is 0.0765. The van der Waals surface area contributed by atoms with Gasteiger partial charge in [-0.25, -0.2) is 4.79 Å². The van der Waals surface area contributed by atoms with Crippen molar-refractivity contribution in [2.45, 2.75) is 38.0 Å². The van der Waals surface area contributed by atoms with Gasteiger partial charge in [0.1, 0.15) is 31.0 Å². The van der Waals surface area contributed by atoms with Gasteiger partial charge in [0, 0.05) is 37.3 Å². The highest BCUT2D eigenvalue weighted by Crippen LogP contribution is 2.20. The van der Waals surface area contributed by atoms with Crippen LogP contribution in [-0.4, -0.2) is 96.0 Å². The number of aliphatic carboxylic acids is 1. The van der Waals surface area contributed by atoms with E-state index in [0.717, 1.165) is 5.56 Å². The number of nitrogens with two attached hydrogens (primary N) is 1. The van der Waals surface area contributed by atoms with Crippen LogP contribution >= 0.6 is 12.4 Å². The number of hydrogen-bond donors (Lipinski definition) is 6. The summed E-state index contributed by atoms with van der Waals surface area (Å²) in [7, 11) is 1.53. The lowest BCUT2D eigenvalue weighted by atomic mass is 10.00. The van der Waals surface area contributed by atoms with Crippen LogP contribution in [0.1, 0.15) is 34.3 Å². The van der Waals surface area contributed by atoms with Crippen molar-refractivity contribution in [3.05, 3.63) is 95.6 Å². The smallest absolute Gasteiger partial charge is 0.408 e. The monoisotopic (exact) mass is 723 g/mol. The van der Waals surface area contributed by atoms with Crippen LogP contribution in [0.5, 0.6) is 5.75 Å². The van der Waals surface area contributed by atoms with Crippen molar-refractivity contribution in [1.29, 1.82) is 5.41 Å². The Labute approximate surface area is 301 Å². The van der Waals surface area contributed by atoms with Crippen LogP contribution in [0.4, 0.5) is 10.5 Å². The lowest BCUT2D eigenvalue weighted by Gasteiger charge is -2.41. The SMILES string of the molecule is COc1ccc(CC(NC(=O)OCc2ccccc2)C(=O)N2CCN(CC(=O)O)C(=O)[C@@H]2CCCNC(=O)c2ccc(NC(=N)N)cc2)cc1.Cl. The molecule has 4 amide bonds. The van der Waals surface area contributed by atoms with Crippen molar-refractivity contribution in [2.75, 3.05) is 38.6 Å². The molecule has 272 valence electrons. The second-order valence-electron chi connectivity index (χ2n) is 11.5. The zero-order valence-electron chi connectivity index (χ0n) is 28.0. The molecule has 15 nitrogen and oxygen atoms in total. The largest absolute Gasteiger partial charge is 0.497 e. The number of alkyl carbamates (subject to hydrolysis) is 1. The van der Waals surface area contributed by atoms with Crippen molar-refractivity contribution < 1.29 is 38.6 Å². The molecule has 0 saturated carbocycles. The number of carboxylic acid groups (broad SMARTS) is 1. The molecule has 1 heterocycles. The molecule has 0 spiro atoms. The van der Waals surface area contributed by atoms with E-state index in [1.807, 2.05) is 18.2 Å². The average molecular weight is 724 g/mol. The van der Waals surface area contributed by atoms with E-state index in [9.17, 15) is 29.1 Å². The van der Waals surface area contributed by atoms with Crippen LogP contribution in [0.15, 0.2) is 78.9 Å². The van der Waals surface area contributed by atoms with Gasteiger partial charge in [-0.1, -0.05) is 42.5 Å². The molecule has 0 bridgehead atoms. The predicted octanol–water partition coefficient (Wildman–Crippen LogP) is 2.59. The summed E-state index contributed by atoms with van der Waals surface area (Å²) in [5, 5.41) is 24.8. The lowest BCUT2D eigenvalue weighted by Crippen LogP contribution is -2.63. The number of piperazine rings is 1. The molecular formula is C35H42ClN7O8. The highest BCUT2D eigenvalue weighted by atomic mass is 35.5. The number of nitrogens with zero attached hydrogens (tertiary/aromatic N) is 2. The summed E-state index contributed by atoms with van der Waals surface area (Å²) in [6, 6.07) is 20.2. The Bertz CT molecular complexity index is 1660. The zero-order valence-corrected chi connectivity index (χ0v) is 28.8. The first kappa shape index (κ1) is 39.6. The van der Waals surface area contributed by atoms with Crippen molar-refractivity contribution >= 4 is 53.8 Å². The highest BCUT2D eigenvalue weighted by Gasteiger charge is 2.40. The normalized spacial score (nSPS) is 14.4. The first-order valence-corrected chi connectivity index (χ1v) is 15.9. The number of carboxylic acids is 1. The Morgan fingerprint density at radius 3 is 2.29 bits per heavy atom. The number of guanidine groups is 1. The Balaban J connectivity index is 0.00000702. The van der Waals surface area contributed by atoms with Crippen molar-refractivity contribution in [1.82, 2.24) is 20.4 Å². The van der Waals surface area contributed by atoms with Crippen molar-refractivity contribution in [2.24, 2.45) is 5.73 Å². The fourth-order valence-electron chi connectivity index (χ4n) is 5.47. The molecule has 1 unspecified atom stereocenters. The molecule has 0 radical (unpaired) electrons. The van der Waals surface area contributed by atoms with Gasteiger partial charge in [0.15, 0.2) is 5.96 Å². The molecule has 0 aromatic heterocycles. The maximum absolute atomic E-state index is 14.2. The summed E-state index contributed by atoms with van der Waals surface area (Å²) in [5.74, 6) is -2.25. The van der Waals surface area contributed by atoms with Gasteiger partial charge in [0.2, 0.25) is 11.8 Å². The van der Waals surface area contributed by atoms with Gasteiger partial charge >= 0.3 is 12.1 Å². The van der Waals surface area contributed by atoms with Gasteiger partial charge in [-0.15, -0.1) is 12.4 Å². The van der Waals surface area contributed by atoms with Crippen LogP contribution in [0, 0.1) is 5.41 Å². The number of carbonyl (C=O) groups is 5. The molecule has 4 rings (SSSR count). The summed E-state index contributed by atoms with van der Waals surface area (Å²) >= 11 is 0. The molecule has 1 aliphatic heterocycles. The van der Waals surface area contributed by atoms with Crippen molar-refractivity contribution in [3.8, 4) is 5.75 Å². The molecule has 1 saturated heterocycles. The standard InChI is InChI=1S/C35H41N7O8.ClH/c1-49-27-15-9-23(10-16-27)20-28(40-35(48)50-22-24-6-3-2-4-7-24)32(46)42-19-18-41(21-30(43)44)33(47)29(42)8-5-17-38-31(45)25-11-13-26(14-12-25)39-34(36)37;/h2-4,6-7,9-16,28-29H,5,8,17-22H2,1H3,(H,38,45)(H,40,48)(H,43,44)(H4,36,37,39);1H/t28?,29-;/m0./s1. The van der Waals surface area contributed by atoms with Crippen LogP contribution in [-0.2, 0) is 32.1 Å². The van der Waals surface area contributed by atoms with Crippen molar-refractivity contribution in [3.63, 3.8) is 0 Å². The molecule has 3 aromatic carbocycles. The average Bonchev–Trinajstić information content (AvgIpc) is 3.10. The summed E-state index contributed by atoms with van der Waals surface area (Å²) in [5.41, 5.74) is 7.72. The maximum atomic E-state index is 14.2. The number of hydrogen-bond acceptors (Lipinski definition) is 8. The third-order valence-electron chi connectivity index (χ3n) is 7.96. The Morgan fingerprint density at radius 2 is 1.67 bits per heavy atom. The van der Waals surface area contributed by atoms with E-state index in [1.165, 1.54) is 16.9 Å². The summed E-state index contributed by atoms with van der Waals surface area (Å²) in [6.45, 7) is -0.351. The molecule has 3 aromatic rings. The summed E-state index contributed by atoms with van der Waals surface area (Å²) < 4.78 is 10.6. The first-order valence-electron chi connectivity index (χ1n) is 15.9. The van der Waals surface area contributed by atoms with E-state index in [4.69, 9.17) is 20.6 Å². The van der Waals surface area contributed by atoms with E-state index < -0.39 is 42.5 Å². The fourth-order valence-corrected chi connectivity index (χ4v) is 5.47. The molecule has 16 heteroatoms. The first-order chi connectivity index (χ1) is 24.0. The number of ether oxygens (including phenoxy) is 2. The molecule has 7 N–H and O–H groups in total. The van der Waals surface area contributed by atoms with Gasteiger partial charge in [-0.2, -0.15) is 0 Å². The number of nitrogens with one attached hydrogen (secondary N) is 4. The van der Waals surface area contributed by atoms with Gasteiger partial charge < -0.3 is 46.1 Å². The Kier molecular flexibility index (Phi) is 15.1. The minimum Gasteiger partial charge on any atom is -0.497 e. The van der Waals surface area contributed by atoms with Crippen LogP contribution in [0.2, 0.25) is 0 Å². The topological polar surface area (TPSA) is 216 Å². The minimum atomic E-state index is -1.19. The number of methoxy groups -OCH3 is 1.